The molecule has 2 N–H and O–H groups in total. The van der Waals surface area contributed by atoms with Gasteiger partial charge in [-0.3, -0.25) is 4.79 Å². The molecule has 0 spiro atoms. The quantitative estimate of drug-likeness (QED) is 0.854. The number of hydrogen-bond acceptors (Lipinski definition) is 3. The number of hydrogen-bond donors (Lipinski definition) is 2. The Morgan fingerprint density at radius 3 is 2.64 bits per heavy atom. The van der Waals surface area contributed by atoms with Crippen molar-refractivity contribution in [1.82, 2.24) is 0 Å². The number of methoxy groups -OCH3 is 1. The van der Waals surface area contributed by atoms with Gasteiger partial charge in [0.05, 0.1) is 12.8 Å². The van der Waals surface area contributed by atoms with Crippen LogP contribution >= 0.6 is 0 Å². The summed E-state index contributed by atoms with van der Waals surface area (Å²) in [5, 5.41) is 6.18. The zero-order valence-corrected chi connectivity index (χ0v) is 13.3. The summed E-state index contributed by atoms with van der Waals surface area (Å²) in [5.74, 6) is 0.626. The maximum Gasteiger partial charge on any atom is 0.226 e. The van der Waals surface area contributed by atoms with Crippen LogP contribution in [0.1, 0.15) is 17.5 Å². The number of amides is 1. The largest absolute Gasteiger partial charge is 0.495 e. The fraction of sp³-hybridized carbons (Fsp3) is 0.278. The summed E-state index contributed by atoms with van der Waals surface area (Å²) >= 11 is 0. The van der Waals surface area contributed by atoms with Gasteiger partial charge in [-0.15, -0.1) is 0 Å². The number of rotatable bonds is 6. The van der Waals surface area contributed by atoms with Gasteiger partial charge in [-0.05, 0) is 43.2 Å². The van der Waals surface area contributed by atoms with Crippen LogP contribution in [0.4, 0.5) is 11.4 Å². The topological polar surface area (TPSA) is 50.4 Å². The van der Waals surface area contributed by atoms with E-state index in [1.165, 1.54) is 11.1 Å². The molecule has 2 aromatic carbocycles. The third kappa shape index (κ3) is 4.25. The van der Waals surface area contributed by atoms with Crippen LogP contribution in [0.5, 0.6) is 5.75 Å². The SMILES string of the molecule is COc1ccccc1NC(=O)CCNc1cc(C)ccc1C. The average Bonchev–Trinajstić information content (AvgIpc) is 2.51. The molecule has 0 aliphatic carbocycles. The van der Waals surface area contributed by atoms with E-state index in [4.69, 9.17) is 4.74 Å². The first-order valence-electron chi connectivity index (χ1n) is 7.34. The summed E-state index contributed by atoms with van der Waals surface area (Å²) in [6, 6.07) is 13.6. The maximum absolute atomic E-state index is 12.0. The molecule has 2 rings (SSSR count). The number of para-hydroxylation sites is 2. The second-order valence-electron chi connectivity index (χ2n) is 5.24. The molecule has 1 amide bonds. The number of carbonyl (C=O) groups is 1. The highest BCUT2D eigenvalue weighted by Crippen LogP contribution is 2.23. The van der Waals surface area contributed by atoms with Crippen LogP contribution in [0.3, 0.4) is 0 Å². The van der Waals surface area contributed by atoms with Crippen molar-refractivity contribution in [3.63, 3.8) is 0 Å². The first-order valence-corrected chi connectivity index (χ1v) is 7.34. The molecular weight excluding hydrogens is 276 g/mol. The highest BCUT2D eigenvalue weighted by Gasteiger charge is 2.07. The molecule has 0 heterocycles. The fourth-order valence-corrected chi connectivity index (χ4v) is 2.20. The molecule has 0 saturated carbocycles. The number of anilines is 2. The van der Waals surface area contributed by atoms with Crippen molar-refractivity contribution in [3.05, 3.63) is 53.6 Å². The van der Waals surface area contributed by atoms with E-state index in [2.05, 4.69) is 42.7 Å². The van der Waals surface area contributed by atoms with E-state index in [0.29, 0.717) is 24.4 Å². The minimum absolute atomic E-state index is 0.0395. The van der Waals surface area contributed by atoms with Gasteiger partial charge in [0.25, 0.3) is 0 Å². The monoisotopic (exact) mass is 298 g/mol. The molecule has 0 saturated heterocycles. The molecule has 4 heteroatoms. The normalized spacial score (nSPS) is 10.1. The maximum atomic E-state index is 12.0. The van der Waals surface area contributed by atoms with E-state index in [-0.39, 0.29) is 5.91 Å². The molecule has 116 valence electrons. The lowest BCUT2D eigenvalue weighted by molar-refractivity contribution is -0.116. The van der Waals surface area contributed by atoms with Crippen LogP contribution in [0.2, 0.25) is 0 Å². The van der Waals surface area contributed by atoms with Crippen LogP contribution in [0.15, 0.2) is 42.5 Å². The second kappa shape index (κ2) is 7.50. The number of aryl methyl sites for hydroxylation is 2. The van der Waals surface area contributed by atoms with E-state index >= 15 is 0 Å². The van der Waals surface area contributed by atoms with Crippen LogP contribution in [-0.2, 0) is 4.79 Å². The van der Waals surface area contributed by atoms with Crippen molar-refractivity contribution in [3.8, 4) is 5.75 Å². The Labute approximate surface area is 131 Å². The Hall–Kier alpha value is -2.49. The molecule has 0 bridgehead atoms. The van der Waals surface area contributed by atoms with Crippen molar-refractivity contribution in [1.29, 1.82) is 0 Å². The number of benzene rings is 2. The fourth-order valence-electron chi connectivity index (χ4n) is 2.20. The van der Waals surface area contributed by atoms with E-state index in [1.54, 1.807) is 7.11 Å². The van der Waals surface area contributed by atoms with E-state index in [0.717, 1.165) is 5.69 Å². The van der Waals surface area contributed by atoms with Crippen LogP contribution in [0, 0.1) is 13.8 Å². The van der Waals surface area contributed by atoms with Crippen LogP contribution in [-0.4, -0.2) is 19.6 Å². The second-order valence-corrected chi connectivity index (χ2v) is 5.24. The Morgan fingerprint density at radius 2 is 1.86 bits per heavy atom. The highest BCUT2D eigenvalue weighted by molar-refractivity contribution is 5.92. The standard InChI is InChI=1S/C18H22N2O2/c1-13-8-9-14(2)16(12-13)19-11-10-18(21)20-15-6-4-5-7-17(15)22-3/h4-9,12,19H,10-11H2,1-3H3,(H,20,21). The van der Waals surface area contributed by atoms with Gasteiger partial charge in [-0.25, -0.2) is 0 Å². The van der Waals surface area contributed by atoms with Crippen molar-refractivity contribution >= 4 is 17.3 Å². The minimum Gasteiger partial charge on any atom is -0.495 e. The molecule has 0 unspecified atom stereocenters. The van der Waals surface area contributed by atoms with E-state index in [1.807, 2.05) is 24.3 Å². The predicted molar refractivity (Wildman–Crippen MR) is 90.6 cm³/mol. The summed E-state index contributed by atoms with van der Waals surface area (Å²) in [7, 11) is 1.59. The summed E-state index contributed by atoms with van der Waals surface area (Å²) < 4.78 is 5.22. The van der Waals surface area contributed by atoms with Gasteiger partial charge in [0, 0.05) is 18.7 Å². The van der Waals surface area contributed by atoms with E-state index < -0.39 is 0 Å². The molecule has 0 fully saturated rings. The molecule has 0 aliphatic rings. The van der Waals surface area contributed by atoms with Gasteiger partial charge in [-0.1, -0.05) is 24.3 Å². The number of carbonyl (C=O) groups excluding carboxylic acids is 1. The third-order valence-corrected chi connectivity index (χ3v) is 3.44. The number of nitrogens with one attached hydrogen (secondary N) is 2. The summed E-state index contributed by atoms with van der Waals surface area (Å²) in [6.07, 6.45) is 0.394. The molecular formula is C18H22N2O2. The molecule has 0 radical (unpaired) electrons. The summed E-state index contributed by atoms with van der Waals surface area (Å²) in [6.45, 7) is 4.70. The Balaban J connectivity index is 1.87. The minimum atomic E-state index is -0.0395. The molecule has 0 aromatic heterocycles. The van der Waals surface area contributed by atoms with Gasteiger partial charge in [-0.2, -0.15) is 0 Å². The Kier molecular flexibility index (Phi) is 5.42. The first-order chi connectivity index (χ1) is 10.6. The molecule has 4 nitrogen and oxygen atoms in total. The first kappa shape index (κ1) is 15.9. The van der Waals surface area contributed by atoms with Crippen LogP contribution in [0.25, 0.3) is 0 Å². The van der Waals surface area contributed by atoms with Crippen molar-refractivity contribution in [2.75, 3.05) is 24.3 Å². The third-order valence-electron chi connectivity index (χ3n) is 3.44. The van der Waals surface area contributed by atoms with Crippen molar-refractivity contribution < 1.29 is 9.53 Å². The summed E-state index contributed by atoms with van der Waals surface area (Å²) in [4.78, 5) is 12.0. The van der Waals surface area contributed by atoms with E-state index in [9.17, 15) is 4.79 Å². The molecule has 22 heavy (non-hydrogen) atoms. The highest BCUT2D eigenvalue weighted by atomic mass is 16.5. The Bertz CT molecular complexity index is 653. The number of ether oxygens (including phenoxy) is 1. The summed E-state index contributed by atoms with van der Waals surface area (Å²) in [5.41, 5.74) is 4.15. The van der Waals surface area contributed by atoms with Gasteiger partial charge in [0.15, 0.2) is 0 Å². The van der Waals surface area contributed by atoms with Crippen molar-refractivity contribution in [2.45, 2.75) is 20.3 Å². The van der Waals surface area contributed by atoms with Gasteiger partial charge in [0.1, 0.15) is 5.75 Å². The molecule has 0 aliphatic heterocycles. The van der Waals surface area contributed by atoms with Gasteiger partial charge >= 0.3 is 0 Å². The molecule has 0 atom stereocenters. The Morgan fingerprint density at radius 1 is 1.09 bits per heavy atom. The van der Waals surface area contributed by atoms with Gasteiger partial charge < -0.3 is 15.4 Å². The molecule has 2 aromatic rings. The lowest BCUT2D eigenvalue weighted by atomic mass is 10.1. The smallest absolute Gasteiger partial charge is 0.226 e. The zero-order valence-electron chi connectivity index (χ0n) is 13.3. The van der Waals surface area contributed by atoms with Crippen LogP contribution < -0.4 is 15.4 Å². The average molecular weight is 298 g/mol. The predicted octanol–water partition coefficient (Wildman–Crippen LogP) is 3.75. The lowest BCUT2D eigenvalue weighted by Gasteiger charge is -2.12. The van der Waals surface area contributed by atoms with Gasteiger partial charge in [0.2, 0.25) is 5.91 Å². The lowest BCUT2D eigenvalue weighted by Crippen LogP contribution is -2.17. The van der Waals surface area contributed by atoms with Crippen molar-refractivity contribution in [2.24, 2.45) is 0 Å². The zero-order chi connectivity index (χ0) is 15.9.